The van der Waals surface area contributed by atoms with Crippen molar-refractivity contribution in [3.63, 3.8) is 0 Å². The van der Waals surface area contributed by atoms with Crippen LogP contribution in [-0.4, -0.2) is 41.8 Å². The van der Waals surface area contributed by atoms with Crippen LogP contribution in [0.4, 0.5) is 0 Å². The zero-order valence-electron chi connectivity index (χ0n) is 10.7. The van der Waals surface area contributed by atoms with Crippen molar-refractivity contribution in [1.82, 2.24) is 4.90 Å². The Labute approximate surface area is 106 Å². The summed E-state index contributed by atoms with van der Waals surface area (Å²) in [6.07, 6.45) is 5.94. The fourth-order valence-corrected chi connectivity index (χ4v) is 3.76. The highest BCUT2D eigenvalue weighted by Crippen LogP contribution is 2.50. The normalized spacial score (nSPS) is 33.8. The van der Waals surface area contributed by atoms with E-state index in [0.717, 1.165) is 25.7 Å². The lowest BCUT2D eigenvalue weighted by Gasteiger charge is -2.41. The Bertz CT molecular complexity index is 388. The monoisotopic (exact) mass is 253 g/mol. The van der Waals surface area contributed by atoms with Crippen LogP contribution >= 0.6 is 0 Å². The first-order valence-electron chi connectivity index (χ1n) is 6.70. The second-order valence-corrected chi connectivity index (χ2v) is 5.55. The summed E-state index contributed by atoms with van der Waals surface area (Å²) in [6, 6.07) is 0. The van der Waals surface area contributed by atoms with E-state index in [2.05, 4.69) is 0 Å². The molecule has 3 aliphatic rings. The maximum atomic E-state index is 12.2. The average molecular weight is 253 g/mol. The zero-order valence-corrected chi connectivity index (χ0v) is 10.7. The Morgan fingerprint density at radius 3 is 2.67 bits per heavy atom. The number of methoxy groups -OCH3 is 1. The van der Waals surface area contributed by atoms with E-state index in [4.69, 9.17) is 9.47 Å². The summed E-state index contributed by atoms with van der Waals surface area (Å²) in [5.74, 6) is -0.282. The Morgan fingerprint density at radius 1 is 1.28 bits per heavy atom. The molecule has 0 aromatic carbocycles. The van der Waals surface area contributed by atoms with Gasteiger partial charge in [0.25, 0.3) is 0 Å². The van der Waals surface area contributed by atoms with Crippen LogP contribution in [0.5, 0.6) is 0 Å². The summed E-state index contributed by atoms with van der Waals surface area (Å²) in [6.45, 7) is 0.297. The second-order valence-electron chi connectivity index (χ2n) is 5.55. The van der Waals surface area contributed by atoms with Crippen LogP contribution in [-0.2, 0) is 19.1 Å². The van der Waals surface area contributed by atoms with Crippen molar-refractivity contribution in [2.45, 2.75) is 56.2 Å². The molecule has 1 spiro atoms. The van der Waals surface area contributed by atoms with Crippen LogP contribution in [0.3, 0.4) is 0 Å². The van der Waals surface area contributed by atoms with Gasteiger partial charge in [-0.1, -0.05) is 6.42 Å². The highest BCUT2D eigenvalue weighted by Gasteiger charge is 2.65. The molecule has 0 N–H and O–H groups in total. The lowest BCUT2D eigenvalue weighted by atomic mass is 9.89. The van der Waals surface area contributed by atoms with Crippen molar-refractivity contribution in [3.05, 3.63) is 0 Å². The molecule has 0 radical (unpaired) electrons. The third-order valence-electron chi connectivity index (χ3n) is 4.62. The molecular formula is C13H19NO4. The Kier molecular flexibility index (Phi) is 2.62. The van der Waals surface area contributed by atoms with E-state index in [9.17, 15) is 9.59 Å². The number of carbonyl (C=O) groups excluding carboxylic acids is 2. The molecule has 18 heavy (non-hydrogen) atoms. The molecule has 0 aromatic rings. The van der Waals surface area contributed by atoms with Crippen LogP contribution in [0.15, 0.2) is 0 Å². The number of hydrogen-bond donors (Lipinski definition) is 0. The second kappa shape index (κ2) is 3.95. The van der Waals surface area contributed by atoms with Gasteiger partial charge in [0.1, 0.15) is 5.72 Å². The number of fused-ring (bicyclic) bond motifs is 2. The summed E-state index contributed by atoms with van der Waals surface area (Å²) >= 11 is 0. The van der Waals surface area contributed by atoms with Gasteiger partial charge in [0.2, 0.25) is 5.91 Å². The van der Waals surface area contributed by atoms with E-state index >= 15 is 0 Å². The van der Waals surface area contributed by atoms with E-state index in [0.29, 0.717) is 19.4 Å². The lowest BCUT2D eigenvalue weighted by Crippen LogP contribution is -2.57. The molecule has 2 aliphatic heterocycles. The molecule has 1 amide bonds. The number of nitrogens with zero attached hydrogens (tertiary/aromatic N) is 1. The van der Waals surface area contributed by atoms with Crippen LogP contribution in [0, 0.1) is 0 Å². The molecule has 5 heteroatoms. The fourth-order valence-electron chi connectivity index (χ4n) is 3.76. The highest BCUT2D eigenvalue weighted by molar-refractivity contribution is 5.93. The molecule has 1 aliphatic carbocycles. The molecular weight excluding hydrogens is 234 g/mol. The third kappa shape index (κ3) is 1.37. The van der Waals surface area contributed by atoms with E-state index in [1.54, 1.807) is 4.90 Å². The highest BCUT2D eigenvalue weighted by atomic mass is 16.6. The summed E-state index contributed by atoms with van der Waals surface area (Å²) < 4.78 is 10.9. The van der Waals surface area contributed by atoms with Gasteiger partial charge >= 0.3 is 5.97 Å². The van der Waals surface area contributed by atoms with Crippen molar-refractivity contribution in [3.8, 4) is 0 Å². The van der Waals surface area contributed by atoms with Gasteiger partial charge in [-0.25, -0.2) is 4.79 Å². The smallest absolute Gasteiger partial charge is 0.334 e. The van der Waals surface area contributed by atoms with Gasteiger partial charge < -0.3 is 9.47 Å². The van der Waals surface area contributed by atoms with Crippen LogP contribution in [0.1, 0.15) is 44.9 Å². The van der Waals surface area contributed by atoms with Crippen molar-refractivity contribution < 1.29 is 19.1 Å². The Hall–Kier alpha value is -1.10. The molecule has 5 nitrogen and oxygen atoms in total. The van der Waals surface area contributed by atoms with Crippen LogP contribution in [0.2, 0.25) is 0 Å². The maximum absolute atomic E-state index is 12.2. The molecule has 0 bridgehead atoms. The Balaban J connectivity index is 1.98. The molecule has 3 rings (SSSR count). The number of esters is 1. The topological polar surface area (TPSA) is 55.8 Å². The Morgan fingerprint density at radius 2 is 2.00 bits per heavy atom. The van der Waals surface area contributed by atoms with E-state index in [-0.39, 0.29) is 11.9 Å². The van der Waals surface area contributed by atoms with Gasteiger partial charge in [0, 0.05) is 6.42 Å². The molecule has 100 valence electrons. The van der Waals surface area contributed by atoms with Gasteiger partial charge in [-0.2, -0.15) is 0 Å². The van der Waals surface area contributed by atoms with E-state index < -0.39 is 11.3 Å². The van der Waals surface area contributed by atoms with E-state index in [1.807, 2.05) is 0 Å². The summed E-state index contributed by atoms with van der Waals surface area (Å²) in [7, 11) is 1.38. The molecule has 3 fully saturated rings. The SMILES string of the molecule is COC(=O)C12CCC(=O)N1C1(CCCCC1)OC2. The number of ether oxygens (including phenoxy) is 2. The van der Waals surface area contributed by atoms with Crippen molar-refractivity contribution in [2.24, 2.45) is 0 Å². The maximum Gasteiger partial charge on any atom is 0.334 e. The third-order valence-corrected chi connectivity index (χ3v) is 4.62. The van der Waals surface area contributed by atoms with Gasteiger partial charge in [-0.3, -0.25) is 9.69 Å². The number of amides is 1. The zero-order chi connectivity index (χ0) is 12.8. The van der Waals surface area contributed by atoms with E-state index in [1.165, 1.54) is 13.5 Å². The van der Waals surface area contributed by atoms with Gasteiger partial charge in [-0.05, 0) is 32.1 Å². The standard InChI is InChI=1S/C13H19NO4/c1-17-11(16)12-8-5-10(15)14(12)13(18-9-12)6-3-2-4-7-13/h2-9H2,1H3. The van der Waals surface area contributed by atoms with Gasteiger partial charge in [0.05, 0.1) is 13.7 Å². The molecule has 2 heterocycles. The summed E-state index contributed by atoms with van der Waals surface area (Å²) in [5, 5.41) is 0. The molecule has 2 saturated heterocycles. The number of rotatable bonds is 1. The predicted octanol–water partition coefficient (Wildman–Crippen LogP) is 1.21. The first-order valence-corrected chi connectivity index (χ1v) is 6.70. The minimum Gasteiger partial charge on any atom is -0.467 e. The first kappa shape index (κ1) is 12.0. The average Bonchev–Trinajstić information content (AvgIpc) is 2.90. The quantitative estimate of drug-likeness (QED) is 0.659. The molecule has 1 saturated carbocycles. The van der Waals surface area contributed by atoms with Crippen LogP contribution in [0.25, 0.3) is 0 Å². The minimum absolute atomic E-state index is 0.0415. The summed E-state index contributed by atoms with van der Waals surface area (Å²) in [4.78, 5) is 26.0. The molecule has 0 aromatic heterocycles. The van der Waals surface area contributed by atoms with Gasteiger partial charge in [-0.15, -0.1) is 0 Å². The number of hydrogen-bond acceptors (Lipinski definition) is 4. The largest absolute Gasteiger partial charge is 0.467 e. The first-order chi connectivity index (χ1) is 8.65. The minimum atomic E-state index is -0.844. The van der Waals surface area contributed by atoms with Crippen molar-refractivity contribution in [1.29, 1.82) is 0 Å². The van der Waals surface area contributed by atoms with Gasteiger partial charge in [0.15, 0.2) is 5.54 Å². The molecule has 1 atom stereocenters. The predicted molar refractivity (Wildman–Crippen MR) is 62.6 cm³/mol. The fraction of sp³-hybridized carbons (Fsp3) is 0.846. The van der Waals surface area contributed by atoms with Crippen molar-refractivity contribution in [2.75, 3.05) is 13.7 Å². The van der Waals surface area contributed by atoms with Crippen molar-refractivity contribution >= 4 is 11.9 Å². The van der Waals surface area contributed by atoms with Crippen LogP contribution < -0.4 is 0 Å². The summed E-state index contributed by atoms with van der Waals surface area (Å²) in [5.41, 5.74) is -1.37. The number of carbonyl (C=O) groups is 2. The lowest BCUT2D eigenvalue weighted by molar-refractivity contribution is -0.165. The molecule has 1 unspecified atom stereocenters.